The average Bonchev–Trinajstić information content (AvgIpc) is 2.78. The van der Waals surface area contributed by atoms with Gasteiger partial charge < -0.3 is 9.64 Å². The molecule has 0 radical (unpaired) electrons. The lowest BCUT2D eigenvalue weighted by molar-refractivity contribution is 0.0773. The third-order valence-electron chi connectivity index (χ3n) is 5.41. The average molecular weight is 320 g/mol. The van der Waals surface area contributed by atoms with Gasteiger partial charge in [0.05, 0.1) is 11.6 Å². The molecule has 0 bridgehead atoms. The molecule has 24 heavy (non-hydrogen) atoms. The highest BCUT2D eigenvalue weighted by Crippen LogP contribution is 2.53. The number of unbranched alkanes of at least 4 members (excludes halogenated alkanes) is 1. The second-order valence-corrected chi connectivity index (χ2v) is 7.17. The zero-order chi connectivity index (χ0) is 16.8. The number of hydrogen-bond acceptors (Lipinski definition) is 3. The fraction of sp³-hybridized carbons (Fsp3) is 0.381. The van der Waals surface area contributed by atoms with Crippen molar-refractivity contribution in [3.05, 3.63) is 54.1 Å². The van der Waals surface area contributed by atoms with Crippen LogP contribution in [-0.2, 0) is 5.41 Å². The molecule has 2 aliphatic heterocycles. The van der Waals surface area contributed by atoms with Gasteiger partial charge in [-0.05, 0) is 44.0 Å². The summed E-state index contributed by atoms with van der Waals surface area (Å²) in [4.78, 5) is 7.18. The Morgan fingerprint density at radius 2 is 1.79 bits per heavy atom. The van der Waals surface area contributed by atoms with Crippen LogP contribution < -0.4 is 9.64 Å². The molecule has 0 aliphatic carbocycles. The molecule has 0 fully saturated rings. The van der Waals surface area contributed by atoms with Gasteiger partial charge in [-0.15, -0.1) is 0 Å². The highest BCUT2D eigenvalue weighted by atomic mass is 16.5. The summed E-state index contributed by atoms with van der Waals surface area (Å²) in [6.07, 6.45) is 4.30. The van der Waals surface area contributed by atoms with Gasteiger partial charge >= 0.3 is 0 Å². The van der Waals surface area contributed by atoms with Crippen LogP contribution in [0.3, 0.4) is 0 Å². The van der Waals surface area contributed by atoms with E-state index in [4.69, 9.17) is 9.73 Å². The van der Waals surface area contributed by atoms with Crippen LogP contribution in [0.2, 0.25) is 0 Å². The summed E-state index contributed by atoms with van der Waals surface area (Å²) < 4.78 is 6.66. The molecule has 0 amide bonds. The molecule has 0 saturated heterocycles. The van der Waals surface area contributed by atoms with Crippen LogP contribution >= 0.6 is 0 Å². The molecule has 124 valence electrons. The van der Waals surface area contributed by atoms with Crippen LogP contribution in [-0.4, -0.2) is 18.5 Å². The number of fused-ring (bicyclic) bond motifs is 2. The minimum atomic E-state index is -0.569. The van der Waals surface area contributed by atoms with Crippen molar-refractivity contribution < 1.29 is 4.74 Å². The summed E-state index contributed by atoms with van der Waals surface area (Å²) in [7, 11) is 0. The van der Waals surface area contributed by atoms with Crippen molar-refractivity contribution >= 4 is 17.6 Å². The third-order valence-corrected chi connectivity index (χ3v) is 5.41. The highest BCUT2D eigenvalue weighted by Gasteiger charge is 2.59. The molecule has 3 nitrogen and oxygen atoms in total. The molecule has 2 aromatic rings. The van der Waals surface area contributed by atoms with E-state index in [-0.39, 0.29) is 5.41 Å². The molecule has 0 aromatic heterocycles. The zero-order valence-corrected chi connectivity index (χ0v) is 14.6. The van der Waals surface area contributed by atoms with Gasteiger partial charge in [-0.1, -0.05) is 43.7 Å². The maximum Gasteiger partial charge on any atom is 0.228 e. The monoisotopic (exact) mass is 320 g/mol. The van der Waals surface area contributed by atoms with Gasteiger partial charge in [-0.2, -0.15) is 0 Å². The minimum Gasteiger partial charge on any atom is -0.459 e. The largest absolute Gasteiger partial charge is 0.459 e. The topological polar surface area (TPSA) is 24.8 Å². The normalized spacial score (nSPS) is 23.0. The van der Waals surface area contributed by atoms with Crippen molar-refractivity contribution in [1.82, 2.24) is 0 Å². The fourth-order valence-electron chi connectivity index (χ4n) is 3.96. The molecule has 1 atom stereocenters. The lowest BCUT2D eigenvalue weighted by Crippen LogP contribution is -2.62. The number of rotatable bonds is 3. The van der Waals surface area contributed by atoms with Gasteiger partial charge in [-0.3, -0.25) is 4.99 Å². The van der Waals surface area contributed by atoms with Crippen LogP contribution in [0.25, 0.3) is 0 Å². The number of aliphatic imine (C=N–C) groups is 1. The number of hydrogen-bond donors (Lipinski definition) is 0. The first-order valence-electron chi connectivity index (χ1n) is 8.80. The number of benzene rings is 2. The summed E-state index contributed by atoms with van der Waals surface area (Å²) >= 11 is 0. The Labute approximate surface area is 144 Å². The SMILES string of the molecule is CCCCN1c2ccccc2C(C)(C)C12C=Nc1ccccc1O2. The Bertz CT molecular complexity index is 796. The summed E-state index contributed by atoms with van der Waals surface area (Å²) in [6, 6.07) is 16.7. The summed E-state index contributed by atoms with van der Waals surface area (Å²) in [5.41, 5.74) is 2.74. The summed E-state index contributed by atoms with van der Waals surface area (Å²) in [5, 5.41) is 0. The Balaban J connectivity index is 1.87. The van der Waals surface area contributed by atoms with Crippen LogP contribution in [0, 0.1) is 0 Å². The van der Waals surface area contributed by atoms with Crippen molar-refractivity contribution in [3.8, 4) is 5.75 Å². The summed E-state index contributed by atoms with van der Waals surface area (Å²) in [5.74, 6) is 0.863. The lowest BCUT2D eigenvalue weighted by atomic mass is 9.77. The minimum absolute atomic E-state index is 0.186. The highest BCUT2D eigenvalue weighted by molar-refractivity contribution is 5.88. The molecule has 2 heterocycles. The number of anilines is 1. The molecule has 3 heteroatoms. The first-order valence-corrected chi connectivity index (χ1v) is 8.80. The van der Waals surface area contributed by atoms with E-state index in [0.717, 1.165) is 30.8 Å². The maximum absolute atomic E-state index is 6.66. The van der Waals surface area contributed by atoms with E-state index in [2.05, 4.69) is 49.9 Å². The molecule has 2 aliphatic rings. The number of para-hydroxylation sites is 3. The third kappa shape index (κ3) is 1.94. The molecular weight excluding hydrogens is 296 g/mol. The smallest absolute Gasteiger partial charge is 0.228 e. The Morgan fingerprint density at radius 3 is 2.62 bits per heavy atom. The molecule has 1 spiro atoms. The van der Waals surface area contributed by atoms with Gasteiger partial charge in [0.25, 0.3) is 0 Å². The Morgan fingerprint density at radius 1 is 1.04 bits per heavy atom. The predicted octanol–water partition coefficient (Wildman–Crippen LogP) is 5.08. The lowest BCUT2D eigenvalue weighted by Gasteiger charge is -2.46. The Hall–Kier alpha value is -2.29. The molecule has 0 saturated carbocycles. The molecule has 2 aromatic carbocycles. The standard InChI is InChI=1S/C21H24N2O/c1-4-5-14-23-18-12-8-6-10-16(18)20(2,3)21(23)15-22-17-11-7-9-13-19(17)24-21/h6-13,15H,4-5,14H2,1-3H3. The maximum atomic E-state index is 6.66. The second-order valence-electron chi connectivity index (χ2n) is 7.17. The number of ether oxygens (including phenoxy) is 1. The van der Waals surface area contributed by atoms with Crippen LogP contribution in [0.15, 0.2) is 53.5 Å². The van der Waals surface area contributed by atoms with E-state index in [1.807, 2.05) is 30.5 Å². The van der Waals surface area contributed by atoms with E-state index in [1.54, 1.807) is 0 Å². The van der Waals surface area contributed by atoms with E-state index in [9.17, 15) is 0 Å². The molecule has 4 rings (SSSR count). The van der Waals surface area contributed by atoms with Crippen molar-refractivity contribution in [3.63, 3.8) is 0 Å². The van der Waals surface area contributed by atoms with Gasteiger partial charge in [0.1, 0.15) is 11.4 Å². The van der Waals surface area contributed by atoms with Crippen molar-refractivity contribution in [2.75, 3.05) is 11.4 Å². The van der Waals surface area contributed by atoms with E-state index in [1.165, 1.54) is 11.3 Å². The molecule has 0 N–H and O–H groups in total. The number of nitrogens with zero attached hydrogens (tertiary/aromatic N) is 2. The summed E-state index contributed by atoms with van der Waals surface area (Å²) in [6.45, 7) is 7.71. The zero-order valence-electron chi connectivity index (χ0n) is 14.6. The fourth-order valence-corrected chi connectivity index (χ4v) is 3.96. The van der Waals surface area contributed by atoms with Gasteiger partial charge in [0, 0.05) is 12.2 Å². The van der Waals surface area contributed by atoms with E-state index < -0.39 is 5.72 Å². The first-order chi connectivity index (χ1) is 11.6. The van der Waals surface area contributed by atoms with Crippen LogP contribution in [0.1, 0.15) is 39.2 Å². The molecule has 1 unspecified atom stereocenters. The van der Waals surface area contributed by atoms with Crippen molar-refractivity contribution in [2.24, 2.45) is 4.99 Å². The van der Waals surface area contributed by atoms with Crippen LogP contribution in [0.4, 0.5) is 11.4 Å². The van der Waals surface area contributed by atoms with E-state index in [0.29, 0.717) is 0 Å². The predicted molar refractivity (Wildman–Crippen MR) is 99.7 cm³/mol. The second kappa shape index (κ2) is 5.37. The van der Waals surface area contributed by atoms with Gasteiger partial charge in [-0.25, -0.2) is 0 Å². The van der Waals surface area contributed by atoms with E-state index >= 15 is 0 Å². The van der Waals surface area contributed by atoms with Gasteiger partial charge in [0.15, 0.2) is 0 Å². The first kappa shape index (κ1) is 15.3. The quantitative estimate of drug-likeness (QED) is 0.788. The molecular formula is C21H24N2O. The van der Waals surface area contributed by atoms with Crippen molar-refractivity contribution in [2.45, 2.75) is 44.8 Å². The van der Waals surface area contributed by atoms with Crippen molar-refractivity contribution in [1.29, 1.82) is 0 Å². The Kier molecular flexibility index (Phi) is 3.41. The van der Waals surface area contributed by atoms with Crippen LogP contribution in [0.5, 0.6) is 5.75 Å². The van der Waals surface area contributed by atoms with Gasteiger partial charge in [0.2, 0.25) is 5.72 Å².